The third kappa shape index (κ3) is 4.00. The lowest BCUT2D eigenvalue weighted by atomic mass is 9.99. The van der Waals surface area contributed by atoms with E-state index in [9.17, 15) is 14.0 Å². The number of hydrogen-bond acceptors (Lipinski definition) is 8. The first-order valence-corrected chi connectivity index (χ1v) is 11.2. The molecule has 182 valence electrons. The number of hydrogen-bond donors (Lipinski definition) is 1. The summed E-state index contributed by atoms with van der Waals surface area (Å²) in [6, 6.07) is 5.61. The number of benzene rings is 1. The van der Waals surface area contributed by atoms with Crippen molar-refractivity contribution in [3.63, 3.8) is 0 Å². The number of amides is 1. The minimum atomic E-state index is -0.925. The lowest BCUT2D eigenvalue weighted by Crippen LogP contribution is -2.18. The fourth-order valence-corrected chi connectivity index (χ4v) is 4.31. The van der Waals surface area contributed by atoms with Crippen LogP contribution in [0.25, 0.3) is 16.5 Å². The van der Waals surface area contributed by atoms with E-state index >= 15 is 0 Å². The number of aryl methyl sites for hydroxylation is 1. The summed E-state index contributed by atoms with van der Waals surface area (Å²) < 4.78 is 25.9. The van der Waals surface area contributed by atoms with Gasteiger partial charge in [-0.2, -0.15) is 4.39 Å². The molecule has 10 heteroatoms. The normalized spacial score (nSPS) is 17.4. The first-order chi connectivity index (χ1) is 17.1. The van der Waals surface area contributed by atoms with Crippen molar-refractivity contribution in [1.82, 2.24) is 4.98 Å². The van der Waals surface area contributed by atoms with Gasteiger partial charge in [0.25, 0.3) is 5.91 Å². The number of pyridine rings is 1. The molecule has 5 rings (SSSR count). The van der Waals surface area contributed by atoms with Crippen LogP contribution in [0.1, 0.15) is 52.9 Å². The molecular formula is C26H22FN5O4. The second kappa shape index (κ2) is 8.63. The zero-order valence-electron chi connectivity index (χ0n) is 20.0. The molecule has 0 saturated heterocycles. The van der Waals surface area contributed by atoms with Crippen molar-refractivity contribution in [2.75, 3.05) is 0 Å². The predicted molar refractivity (Wildman–Crippen MR) is 135 cm³/mol. The number of rotatable bonds is 5. The first-order valence-electron chi connectivity index (χ1n) is 11.2. The predicted octanol–water partition coefficient (Wildman–Crippen LogP) is 3.85. The highest BCUT2D eigenvalue weighted by molar-refractivity contribution is 6.20. The molecular weight excluding hydrogens is 465 g/mol. The lowest BCUT2D eigenvalue weighted by Gasteiger charge is -2.19. The molecule has 0 fully saturated rings. The van der Waals surface area contributed by atoms with Crippen molar-refractivity contribution in [1.29, 1.82) is 0 Å². The third-order valence-corrected chi connectivity index (χ3v) is 5.99. The fraction of sp³-hybridized carbons (Fsp3) is 0.231. The minimum absolute atomic E-state index is 0.0177. The number of primary amides is 1. The highest BCUT2D eigenvalue weighted by atomic mass is 19.1. The van der Waals surface area contributed by atoms with E-state index in [1.165, 1.54) is 6.07 Å². The Bertz CT molecular complexity index is 1630. The summed E-state index contributed by atoms with van der Waals surface area (Å²) in [4.78, 5) is 41.9. The largest absolute Gasteiger partial charge is 0.483 e. The van der Waals surface area contributed by atoms with E-state index < -0.39 is 18.0 Å². The number of halogens is 1. The van der Waals surface area contributed by atoms with Gasteiger partial charge in [-0.1, -0.05) is 0 Å². The summed E-state index contributed by atoms with van der Waals surface area (Å²) in [6.07, 6.45) is 2.76. The number of allylic oxidation sites excluding steroid dienone is 1. The van der Waals surface area contributed by atoms with Crippen molar-refractivity contribution in [2.24, 2.45) is 20.7 Å². The van der Waals surface area contributed by atoms with Crippen molar-refractivity contribution in [2.45, 2.75) is 39.8 Å². The van der Waals surface area contributed by atoms with Gasteiger partial charge in [-0.25, -0.2) is 15.0 Å². The average molecular weight is 487 g/mol. The van der Waals surface area contributed by atoms with Gasteiger partial charge in [-0.05, 0) is 63.6 Å². The summed E-state index contributed by atoms with van der Waals surface area (Å²) in [5.74, 6) is -0.165. The summed E-state index contributed by atoms with van der Waals surface area (Å²) in [6.45, 7) is 7.07. The first kappa shape index (κ1) is 23.3. The molecule has 4 heterocycles. The number of carbonyl (C=O) groups is 1. The molecule has 2 aromatic heterocycles. The quantitative estimate of drug-likeness (QED) is 0.546. The molecule has 1 aromatic carbocycles. The third-order valence-electron chi connectivity index (χ3n) is 5.99. The number of amidine groups is 2. The molecule has 0 saturated carbocycles. The Balaban J connectivity index is 1.63. The van der Waals surface area contributed by atoms with E-state index in [-0.39, 0.29) is 22.9 Å². The van der Waals surface area contributed by atoms with Gasteiger partial charge in [0.2, 0.25) is 5.95 Å². The molecule has 1 unspecified atom stereocenters. The van der Waals surface area contributed by atoms with Crippen molar-refractivity contribution in [3.8, 4) is 5.75 Å². The number of aromatic nitrogens is 1. The molecule has 36 heavy (non-hydrogen) atoms. The van der Waals surface area contributed by atoms with E-state index in [1.54, 1.807) is 33.1 Å². The molecule has 2 aliphatic heterocycles. The Kier molecular flexibility index (Phi) is 5.58. The molecule has 0 radical (unpaired) electrons. The number of dihydropyridines is 1. The van der Waals surface area contributed by atoms with Crippen molar-refractivity contribution < 1.29 is 18.3 Å². The molecule has 1 amide bonds. The molecule has 0 bridgehead atoms. The van der Waals surface area contributed by atoms with Crippen LogP contribution in [0.4, 0.5) is 4.39 Å². The van der Waals surface area contributed by atoms with Gasteiger partial charge >= 0.3 is 0 Å². The summed E-state index contributed by atoms with van der Waals surface area (Å²) in [7, 11) is 0. The van der Waals surface area contributed by atoms with E-state index in [0.29, 0.717) is 45.1 Å². The Labute approximate surface area is 205 Å². The minimum Gasteiger partial charge on any atom is -0.483 e. The van der Waals surface area contributed by atoms with Gasteiger partial charge in [0.05, 0.1) is 5.39 Å². The lowest BCUT2D eigenvalue weighted by molar-refractivity contribution is 0.0987. The van der Waals surface area contributed by atoms with Crippen LogP contribution in [0.15, 0.2) is 54.5 Å². The van der Waals surface area contributed by atoms with E-state index in [0.717, 1.165) is 11.6 Å². The van der Waals surface area contributed by atoms with E-state index in [4.69, 9.17) is 14.9 Å². The van der Waals surface area contributed by atoms with Gasteiger partial charge < -0.3 is 14.9 Å². The number of fused-ring (bicyclic) bond motifs is 2. The van der Waals surface area contributed by atoms with Crippen LogP contribution >= 0.6 is 0 Å². The van der Waals surface area contributed by atoms with E-state index in [1.807, 2.05) is 19.1 Å². The SMILES string of the molecule is CC1=NC2C=C(c3oc4c([C@@H](C)Oc5ccc(F)nc5C(N)=O)cc(C)cc4c(=O)c3C)C=NC2=N1. The zero-order chi connectivity index (χ0) is 25.7. The monoisotopic (exact) mass is 487 g/mol. The van der Waals surface area contributed by atoms with Gasteiger partial charge in [0.15, 0.2) is 22.7 Å². The maximum Gasteiger partial charge on any atom is 0.271 e. The standard InChI is InChI=1S/C26H22FN5O4/c1-11-7-16(13(3)35-19-5-6-20(27)32-21(19)25(28)34)24-17(8-11)22(33)12(2)23(36-24)15-9-18-26(29-10-15)31-14(4)30-18/h5-10,13,18H,1-4H3,(H2,28,34)/t13-,18?/m1/s1. The maximum absolute atomic E-state index is 13.6. The second-order valence-corrected chi connectivity index (χ2v) is 8.69. The number of nitrogens with two attached hydrogens (primary N) is 1. The van der Waals surface area contributed by atoms with Crippen LogP contribution < -0.4 is 15.9 Å². The highest BCUT2D eigenvalue weighted by Gasteiger charge is 2.26. The average Bonchev–Trinajstić information content (AvgIpc) is 3.21. The molecule has 9 nitrogen and oxygen atoms in total. The molecule has 0 spiro atoms. The smallest absolute Gasteiger partial charge is 0.271 e. The number of nitrogens with zero attached hydrogens (tertiary/aromatic N) is 4. The maximum atomic E-state index is 13.6. The van der Waals surface area contributed by atoms with E-state index in [2.05, 4.69) is 20.0 Å². The van der Waals surface area contributed by atoms with Crippen molar-refractivity contribution >= 4 is 40.3 Å². The number of carbonyl (C=O) groups excluding carboxylic acids is 1. The Morgan fingerprint density at radius 1 is 1.22 bits per heavy atom. The second-order valence-electron chi connectivity index (χ2n) is 8.69. The Morgan fingerprint density at radius 2 is 2.00 bits per heavy atom. The van der Waals surface area contributed by atoms with Gasteiger partial charge in [0.1, 0.15) is 29.3 Å². The molecule has 2 aliphatic rings. The van der Waals surface area contributed by atoms with Crippen molar-refractivity contribution in [3.05, 3.63) is 74.7 Å². The molecule has 3 aromatic rings. The zero-order valence-corrected chi connectivity index (χ0v) is 20.0. The van der Waals surface area contributed by atoms with Crippen LogP contribution in [0.5, 0.6) is 5.75 Å². The number of ether oxygens (including phenoxy) is 1. The van der Waals surface area contributed by atoms with Gasteiger partial charge in [-0.3, -0.25) is 14.6 Å². The Hall–Kier alpha value is -4.47. The van der Waals surface area contributed by atoms with Crippen LogP contribution in [0.3, 0.4) is 0 Å². The van der Waals surface area contributed by atoms with Crippen LogP contribution in [-0.2, 0) is 0 Å². The summed E-state index contributed by atoms with van der Waals surface area (Å²) in [5, 5.41) is 0.388. The molecule has 2 N–H and O–H groups in total. The van der Waals surface area contributed by atoms with Crippen LogP contribution in [0.2, 0.25) is 0 Å². The van der Waals surface area contributed by atoms with Gasteiger partial charge in [0, 0.05) is 22.9 Å². The molecule has 0 aliphatic carbocycles. The highest BCUT2D eigenvalue weighted by Crippen LogP contribution is 2.33. The number of aliphatic imine (C=N–C) groups is 3. The van der Waals surface area contributed by atoms with Crippen LogP contribution in [-0.4, -0.2) is 34.8 Å². The summed E-state index contributed by atoms with van der Waals surface area (Å²) in [5.41, 5.74) is 7.59. The van der Waals surface area contributed by atoms with Crippen LogP contribution in [0, 0.1) is 19.8 Å². The Morgan fingerprint density at radius 3 is 2.75 bits per heavy atom. The summed E-state index contributed by atoms with van der Waals surface area (Å²) >= 11 is 0. The fourth-order valence-electron chi connectivity index (χ4n) is 4.31. The van der Waals surface area contributed by atoms with Gasteiger partial charge in [-0.15, -0.1) is 0 Å². The topological polar surface area (TPSA) is 132 Å². The molecule has 2 atom stereocenters.